The van der Waals surface area contributed by atoms with Crippen LogP contribution in [0, 0.1) is 0 Å². The van der Waals surface area contributed by atoms with Crippen LogP contribution in [0.5, 0.6) is 0 Å². The van der Waals surface area contributed by atoms with E-state index >= 15 is 0 Å². The molecule has 2 heterocycles. The Morgan fingerprint density at radius 1 is 1.00 bits per heavy atom. The highest BCUT2D eigenvalue weighted by Crippen LogP contribution is 2.24. The van der Waals surface area contributed by atoms with Crippen molar-refractivity contribution in [3.05, 3.63) is 71.6 Å². The topological polar surface area (TPSA) is 88.8 Å². The number of amides is 1. The van der Waals surface area contributed by atoms with Crippen LogP contribution >= 0.6 is 0 Å². The van der Waals surface area contributed by atoms with Gasteiger partial charge in [0.25, 0.3) is 5.91 Å². The van der Waals surface area contributed by atoms with Crippen molar-refractivity contribution < 1.29 is 18.8 Å². The Morgan fingerprint density at radius 3 is 2.42 bits per heavy atom. The van der Waals surface area contributed by atoms with Crippen LogP contribution in [0.15, 0.2) is 59.1 Å². The SMILES string of the molecule is COC(=O)c1cccc(C(=O)N2CCN(C(C)c3nc(-c4ccccc4)no3)CC2)c1. The summed E-state index contributed by atoms with van der Waals surface area (Å²) in [6.45, 7) is 4.55. The van der Waals surface area contributed by atoms with Gasteiger partial charge in [-0.25, -0.2) is 4.79 Å². The summed E-state index contributed by atoms with van der Waals surface area (Å²) in [5.41, 5.74) is 1.76. The third kappa shape index (κ3) is 4.49. The number of esters is 1. The molecular weight excluding hydrogens is 396 g/mol. The first-order valence-electron chi connectivity index (χ1n) is 10.2. The molecule has 0 spiro atoms. The Hall–Kier alpha value is -3.52. The quantitative estimate of drug-likeness (QED) is 0.586. The summed E-state index contributed by atoms with van der Waals surface area (Å²) in [6, 6.07) is 16.3. The molecule has 2 aromatic carbocycles. The van der Waals surface area contributed by atoms with E-state index in [4.69, 9.17) is 9.26 Å². The van der Waals surface area contributed by atoms with Crippen LogP contribution in [0.25, 0.3) is 11.4 Å². The fraction of sp³-hybridized carbons (Fsp3) is 0.304. The third-order valence-corrected chi connectivity index (χ3v) is 5.51. The standard InChI is InChI=1S/C23H24N4O4/c1-16(21-24-20(25-31-21)17-7-4-3-5-8-17)26-11-13-27(14-12-26)22(28)18-9-6-10-19(15-18)23(29)30-2/h3-10,15-16H,11-14H2,1-2H3. The van der Waals surface area contributed by atoms with Gasteiger partial charge in [0.05, 0.1) is 18.7 Å². The van der Waals surface area contributed by atoms with Gasteiger partial charge in [-0.15, -0.1) is 0 Å². The zero-order valence-corrected chi connectivity index (χ0v) is 17.5. The minimum Gasteiger partial charge on any atom is -0.465 e. The summed E-state index contributed by atoms with van der Waals surface area (Å²) in [7, 11) is 1.32. The highest BCUT2D eigenvalue weighted by molar-refractivity contribution is 5.98. The molecule has 0 saturated carbocycles. The van der Waals surface area contributed by atoms with E-state index in [1.165, 1.54) is 7.11 Å². The lowest BCUT2D eigenvalue weighted by Gasteiger charge is -2.36. The molecule has 1 atom stereocenters. The zero-order chi connectivity index (χ0) is 21.8. The van der Waals surface area contributed by atoms with Gasteiger partial charge in [-0.3, -0.25) is 9.69 Å². The number of aromatic nitrogens is 2. The van der Waals surface area contributed by atoms with E-state index in [1.54, 1.807) is 29.2 Å². The Labute approximate surface area is 180 Å². The Balaban J connectivity index is 1.38. The highest BCUT2D eigenvalue weighted by Gasteiger charge is 2.28. The van der Waals surface area contributed by atoms with Crippen LogP contribution in [0.2, 0.25) is 0 Å². The Morgan fingerprint density at radius 2 is 1.71 bits per heavy atom. The number of carbonyl (C=O) groups excluding carboxylic acids is 2. The predicted octanol–water partition coefficient (Wildman–Crippen LogP) is 3.04. The van der Waals surface area contributed by atoms with Crippen molar-refractivity contribution in [2.45, 2.75) is 13.0 Å². The summed E-state index contributed by atoms with van der Waals surface area (Å²) in [5.74, 6) is 0.580. The number of nitrogens with zero attached hydrogens (tertiary/aromatic N) is 4. The highest BCUT2D eigenvalue weighted by atomic mass is 16.5. The van der Waals surface area contributed by atoms with Gasteiger partial charge in [-0.05, 0) is 25.1 Å². The first kappa shape index (κ1) is 20.7. The molecule has 1 fully saturated rings. The Bertz CT molecular complexity index is 1060. The molecule has 0 bridgehead atoms. The van der Waals surface area contributed by atoms with E-state index in [-0.39, 0.29) is 11.9 Å². The van der Waals surface area contributed by atoms with Crippen molar-refractivity contribution >= 4 is 11.9 Å². The van der Waals surface area contributed by atoms with Crippen molar-refractivity contribution in [2.75, 3.05) is 33.3 Å². The number of hydrogen-bond donors (Lipinski definition) is 0. The number of piperazine rings is 1. The van der Waals surface area contributed by atoms with E-state index < -0.39 is 5.97 Å². The lowest BCUT2D eigenvalue weighted by Crippen LogP contribution is -2.49. The van der Waals surface area contributed by atoms with Crippen LogP contribution in [-0.2, 0) is 4.74 Å². The lowest BCUT2D eigenvalue weighted by molar-refractivity contribution is 0.0551. The summed E-state index contributed by atoms with van der Waals surface area (Å²) in [6.07, 6.45) is 0. The summed E-state index contributed by atoms with van der Waals surface area (Å²) in [4.78, 5) is 33.2. The van der Waals surface area contributed by atoms with Gasteiger partial charge in [0.2, 0.25) is 11.7 Å². The van der Waals surface area contributed by atoms with Crippen molar-refractivity contribution in [1.29, 1.82) is 0 Å². The summed E-state index contributed by atoms with van der Waals surface area (Å²) in [5, 5.41) is 4.10. The maximum atomic E-state index is 12.9. The number of ether oxygens (including phenoxy) is 1. The van der Waals surface area contributed by atoms with E-state index in [9.17, 15) is 9.59 Å². The molecule has 1 aliphatic heterocycles. The summed E-state index contributed by atoms with van der Waals surface area (Å²) < 4.78 is 10.2. The molecule has 3 aromatic rings. The van der Waals surface area contributed by atoms with Gasteiger partial charge in [0.1, 0.15) is 0 Å². The van der Waals surface area contributed by atoms with E-state index in [0.717, 1.165) is 5.56 Å². The average molecular weight is 420 g/mol. The fourth-order valence-electron chi connectivity index (χ4n) is 3.66. The molecule has 8 heteroatoms. The lowest BCUT2D eigenvalue weighted by atomic mass is 10.1. The maximum absolute atomic E-state index is 12.9. The Kier molecular flexibility index (Phi) is 6.08. The molecular formula is C23H24N4O4. The van der Waals surface area contributed by atoms with Crippen LogP contribution in [-0.4, -0.2) is 65.1 Å². The molecule has 1 amide bonds. The molecule has 1 unspecified atom stereocenters. The van der Waals surface area contributed by atoms with Gasteiger partial charge in [-0.1, -0.05) is 41.6 Å². The van der Waals surface area contributed by atoms with E-state index in [2.05, 4.69) is 15.0 Å². The third-order valence-electron chi connectivity index (χ3n) is 5.51. The van der Waals surface area contributed by atoms with Crippen LogP contribution in [0.1, 0.15) is 39.6 Å². The fourth-order valence-corrected chi connectivity index (χ4v) is 3.66. The van der Waals surface area contributed by atoms with Crippen LogP contribution in [0.4, 0.5) is 0 Å². The first-order valence-corrected chi connectivity index (χ1v) is 10.2. The van der Waals surface area contributed by atoms with Gasteiger partial charge >= 0.3 is 5.97 Å². The number of carbonyl (C=O) groups is 2. The minimum absolute atomic E-state index is 0.0510. The first-order chi connectivity index (χ1) is 15.1. The molecule has 1 saturated heterocycles. The molecule has 4 rings (SSSR count). The van der Waals surface area contributed by atoms with Gasteiger partial charge in [0.15, 0.2) is 0 Å². The van der Waals surface area contributed by atoms with Crippen molar-refractivity contribution in [3.63, 3.8) is 0 Å². The van der Waals surface area contributed by atoms with Gasteiger partial charge in [0, 0.05) is 37.3 Å². The molecule has 31 heavy (non-hydrogen) atoms. The van der Waals surface area contributed by atoms with Crippen molar-refractivity contribution in [3.8, 4) is 11.4 Å². The molecule has 8 nitrogen and oxygen atoms in total. The second-order valence-electron chi connectivity index (χ2n) is 7.40. The number of methoxy groups -OCH3 is 1. The number of rotatable bonds is 5. The van der Waals surface area contributed by atoms with Gasteiger partial charge < -0.3 is 14.2 Å². The van der Waals surface area contributed by atoms with E-state index in [1.807, 2.05) is 37.3 Å². The molecule has 1 aromatic heterocycles. The van der Waals surface area contributed by atoms with Crippen LogP contribution < -0.4 is 0 Å². The molecule has 1 aliphatic rings. The number of hydrogen-bond acceptors (Lipinski definition) is 7. The second-order valence-corrected chi connectivity index (χ2v) is 7.40. The smallest absolute Gasteiger partial charge is 0.337 e. The molecule has 0 radical (unpaired) electrons. The molecule has 0 aliphatic carbocycles. The molecule has 0 N–H and O–H groups in total. The maximum Gasteiger partial charge on any atom is 0.337 e. The average Bonchev–Trinajstić information content (AvgIpc) is 3.34. The largest absolute Gasteiger partial charge is 0.465 e. The van der Waals surface area contributed by atoms with Crippen LogP contribution in [0.3, 0.4) is 0 Å². The minimum atomic E-state index is -0.456. The monoisotopic (exact) mass is 420 g/mol. The van der Waals surface area contributed by atoms with Gasteiger partial charge in [-0.2, -0.15) is 4.98 Å². The zero-order valence-electron chi connectivity index (χ0n) is 17.5. The van der Waals surface area contributed by atoms with E-state index in [0.29, 0.717) is 49.0 Å². The normalized spacial score (nSPS) is 15.5. The molecule has 160 valence electrons. The van der Waals surface area contributed by atoms with Crippen molar-refractivity contribution in [2.24, 2.45) is 0 Å². The second kappa shape index (κ2) is 9.09. The predicted molar refractivity (Wildman–Crippen MR) is 113 cm³/mol. The number of benzene rings is 2. The van der Waals surface area contributed by atoms with Crippen molar-refractivity contribution in [1.82, 2.24) is 19.9 Å². The summed E-state index contributed by atoms with van der Waals surface area (Å²) >= 11 is 0.